The first-order chi connectivity index (χ1) is 12.9. The van der Waals surface area contributed by atoms with Gasteiger partial charge in [0, 0.05) is 17.8 Å². The minimum absolute atomic E-state index is 0.0680. The summed E-state index contributed by atoms with van der Waals surface area (Å²) < 4.78 is 27.0. The predicted molar refractivity (Wildman–Crippen MR) is 109 cm³/mol. The molecule has 0 spiro atoms. The van der Waals surface area contributed by atoms with Crippen LogP contribution >= 0.6 is 23.1 Å². The van der Waals surface area contributed by atoms with E-state index in [1.54, 1.807) is 24.3 Å². The predicted octanol–water partition coefficient (Wildman–Crippen LogP) is 3.37. The number of sulfonamides is 1. The number of nitrogens with one attached hydrogen (secondary N) is 1. The second-order valence-corrected chi connectivity index (χ2v) is 9.33. The molecular formula is C17H18N4O3S3. The second-order valence-electron chi connectivity index (χ2n) is 5.69. The van der Waals surface area contributed by atoms with Crippen molar-refractivity contribution >= 4 is 44.6 Å². The van der Waals surface area contributed by atoms with Crippen LogP contribution in [0.2, 0.25) is 0 Å². The van der Waals surface area contributed by atoms with Crippen LogP contribution in [0.1, 0.15) is 16.6 Å². The SMILES string of the molecule is CCn1c(SCC(=O)c2cccs2)nnc1-c1ccc(NS(C)(=O)=O)cc1. The van der Waals surface area contributed by atoms with Crippen molar-refractivity contribution in [1.29, 1.82) is 0 Å². The number of ketones is 1. The number of anilines is 1. The van der Waals surface area contributed by atoms with Crippen molar-refractivity contribution in [3.05, 3.63) is 46.7 Å². The number of Topliss-reactive ketones (excluding diaryl/α,β-unsaturated/α-hetero) is 1. The molecule has 3 rings (SSSR count). The summed E-state index contributed by atoms with van der Waals surface area (Å²) in [6.07, 6.45) is 1.11. The Morgan fingerprint density at radius 3 is 2.56 bits per heavy atom. The Morgan fingerprint density at radius 1 is 1.22 bits per heavy atom. The van der Waals surface area contributed by atoms with Gasteiger partial charge in [0.05, 0.1) is 16.9 Å². The van der Waals surface area contributed by atoms with Crippen LogP contribution < -0.4 is 4.72 Å². The molecule has 1 aromatic carbocycles. The van der Waals surface area contributed by atoms with Gasteiger partial charge < -0.3 is 4.57 Å². The van der Waals surface area contributed by atoms with Gasteiger partial charge in [0.15, 0.2) is 16.8 Å². The van der Waals surface area contributed by atoms with Crippen molar-refractivity contribution in [2.24, 2.45) is 0 Å². The van der Waals surface area contributed by atoms with E-state index in [1.807, 2.05) is 29.0 Å². The summed E-state index contributed by atoms with van der Waals surface area (Å²) in [4.78, 5) is 12.9. The average molecular weight is 423 g/mol. The molecular weight excluding hydrogens is 404 g/mol. The topological polar surface area (TPSA) is 93.9 Å². The maximum Gasteiger partial charge on any atom is 0.229 e. The minimum Gasteiger partial charge on any atom is -0.302 e. The van der Waals surface area contributed by atoms with E-state index in [-0.39, 0.29) is 5.78 Å². The van der Waals surface area contributed by atoms with Crippen LogP contribution in [-0.4, -0.2) is 41.0 Å². The second kappa shape index (κ2) is 8.24. The highest BCUT2D eigenvalue weighted by molar-refractivity contribution is 7.99. The minimum atomic E-state index is -3.32. The molecule has 10 heteroatoms. The van der Waals surface area contributed by atoms with Crippen molar-refractivity contribution in [2.45, 2.75) is 18.6 Å². The van der Waals surface area contributed by atoms with E-state index in [4.69, 9.17) is 0 Å². The zero-order chi connectivity index (χ0) is 19.4. The first-order valence-electron chi connectivity index (χ1n) is 8.08. The average Bonchev–Trinajstić information content (AvgIpc) is 3.28. The van der Waals surface area contributed by atoms with Crippen molar-refractivity contribution in [3.8, 4) is 11.4 Å². The number of carbonyl (C=O) groups excluding carboxylic acids is 1. The summed E-state index contributed by atoms with van der Waals surface area (Å²) in [5.41, 5.74) is 1.31. The molecule has 0 aliphatic heterocycles. The molecule has 0 aliphatic rings. The standard InChI is InChI=1S/C17H18N4O3S3/c1-3-21-16(12-6-8-13(9-7-12)20-27(2,23)24)18-19-17(21)26-11-14(22)15-5-4-10-25-15/h4-10,20H,3,11H2,1-2H3. The zero-order valence-corrected chi connectivity index (χ0v) is 17.2. The maximum absolute atomic E-state index is 12.2. The molecule has 0 saturated heterocycles. The number of carbonyl (C=O) groups is 1. The van der Waals surface area contributed by atoms with Crippen molar-refractivity contribution in [1.82, 2.24) is 14.8 Å². The Balaban J connectivity index is 1.76. The molecule has 2 heterocycles. The molecule has 1 N–H and O–H groups in total. The van der Waals surface area contributed by atoms with Gasteiger partial charge in [-0.3, -0.25) is 9.52 Å². The van der Waals surface area contributed by atoms with E-state index in [2.05, 4.69) is 14.9 Å². The quantitative estimate of drug-likeness (QED) is 0.442. The fourth-order valence-corrected chi connectivity index (χ4v) is 4.64. The number of hydrogen-bond donors (Lipinski definition) is 1. The van der Waals surface area contributed by atoms with Gasteiger partial charge in [-0.25, -0.2) is 8.42 Å². The third-order valence-corrected chi connectivity index (χ3v) is 6.09. The molecule has 0 amide bonds. The number of hydrogen-bond acceptors (Lipinski definition) is 7. The largest absolute Gasteiger partial charge is 0.302 e. The Morgan fingerprint density at radius 2 is 1.96 bits per heavy atom. The summed E-state index contributed by atoms with van der Waals surface area (Å²) in [7, 11) is -3.32. The van der Waals surface area contributed by atoms with Crippen LogP contribution in [0.25, 0.3) is 11.4 Å². The highest BCUT2D eigenvalue weighted by Gasteiger charge is 2.16. The summed E-state index contributed by atoms with van der Waals surface area (Å²) in [6, 6.07) is 10.6. The van der Waals surface area contributed by atoms with Crippen LogP contribution in [-0.2, 0) is 16.6 Å². The maximum atomic E-state index is 12.2. The van der Waals surface area contributed by atoms with Gasteiger partial charge in [0.1, 0.15) is 0 Å². The van der Waals surface area contributed by atoms with Gasteiger partial charge in [0.25, 0.3) is 0 Å². The third kappa shape index (κ3) is 4.96. The van der Waals surface area contributed by atoms with E-state index in [1.165, 1.54) is 23.1 Å². The molecule has 0 radical (unpaired) electrons. The van der Waals surface area contributed by atoms with Crippen LogP contribution in [0.15, 0.2) is 46.9 Å². The molecule has 0 unspecified atom stereocenters. The zero-order valence-electron chi connectivity index (χ0n) is 14.7. The first-order valence-corrected chi connectivity index (χ1v) is 11.8. The Bertz CT molecular complexity index is 1030. The fraction of sp³-hybridized carbons (Fsp3) is 0.235. The molecule has 0 fully saturated rings. The molecule has 27 heavy (non-hydrogen) atoms. The van der Waals surface area contributed by atoms with E-state index in [9.17, 15) is 13.2 Å². The van der Waals surface area contributed by atoms with Crippen molar-refractivity contribution in [2.75, 3.05) is 16.7 Å². The van der Waals surface area contributed by atoms with Gasteiger partial charge in [-0.15, -0.1) is 21.5 Å². The summed E-state index contributed by atoms with van der Waals surface area (Å²) in [5.74, 6) is 1.04. The highest BCUT2D eigenvalue weighted by atomic mass is 32.2. The molecule has 7 nitrogen and oxygen atoms in total. The summed E-state index contributed by atoms with van der Waals surface area (Å²) in [6.45, 7) is 2.64. The fourth-order valence-electron chi connectivity index (χ4n) is 2.43. The highest BCUT2D eigenvalue weighted by Crippen LogP contribution is 2.26. The Labute approximate surface area is 165 Å². The van der Waals surface area contributed by atoms with Crippen LogP contribution in [0, 0.1) is 0 Å². The molecule has 2 aromatic heterocycles. The molecule has 0 aliphatic carbocycles. The van der Waals surface area contributed by atoms with E-state index >= 15 is 0 Å². The molecule has 0 saturated carbocycles. The monoisotopic (exact) mass is 422 g/mol. The van der Waals surface area contributed by atoms with Crippen LogP contribution in [0.5, 0.6) is 0 Å². The number of benzene rings is 1. The lowest BCUT2D eigenvalue weighted by atomic mass is 10.2. The van der Waals surface area contributed by atoms with E-state index < -0.39 is 10.0 Å². The number of nitrogens with zero attached hydrogens (tertiary/aromatic N) is 3. The van der Waals surface area contributed by atoms with Crippen molar-refractivity contribution in [3.63, 3.8) is 0 Å². The molecule has 0 bridgehead atoms. The number of rotatable bonds is 8. The lowest BCUT2D eigenvalue weighted by Gasteiger charge is -2.08. The van der Waals surface area contributed by atoms with Crippen LogP contribution in [0.4, 0.5) is 5.69 Å². The van der Waals surface area contributed by atoms with Crippen LogP contribution in [0.3, 0.4) is 0 Å². The molecule has 142 valence electrons. The normalized spacial score (nSPS) is 11.5. The van der Waals surface area contributed by atoms with Gasteiger partial charge in [-0.1, -0.05) is 17.8 Å². The van der Waals surface area contributed by atoms with Gasteiger partial charge in [-0.05, 0) is 42.6 Å². The third-order valence-electron chi connectivity index (χ3n) is 3.61. The van der Waals surface area contributed by atoms with Gasteiger partial charge in [0.2, 0.25) is 10.0 Å². The Hall–Kier alpha value is -2.17. The van der Waals surface area contributed by atoms with E-state index in [0.717, 1.165) is 16.7 Å². The lowest BCUT2D eigenvalue weighted by Crippen LogP contribution is -2.09. The molecule has 3 aromatic rings. The number of thiophene rings is 1. The summed E-state index contributed by atoms with van der Waals surface area (Å²) in [5, 5.41) is 11.0. The lowest BCUT2D eigenvalue weighted by molar-refractivity contribution is 0.102. The van der Waals surface area contributed by atoms with Crippen molar-refractivity contribution < 1.29 is 13.2 Å². The van der Waals surface area contributed by atoms with E-state index in [0.29, 0.717) is 29.0 Å². The number of thioether (sulfide) groups is 1. The number of aromatic nitrogens is 3. The van der Waals surface area contributed by atoms with Gasteiger partial charge in [-0.2, -0.15) is 0 Å². The summed E-state index contributed by atoms with van der Waals surface area (Å²) >= 11 is 2.79. The van der Waals surface area contributed by atoms with Gasteiger partial charge >= 0.3 is 0 Å². The molecule has 0 atom stereocenters. The Kier molecular flexibility index (Phi) is 5.98. The first kappa shape index (κ1) is 19.6. The smallest absolute Gasteiger partial charge is 0.229 e.